The number of amidine groups is 1. The minimum absolute atomic E-state index is 0.117. The molecule has 1 fully saturated rings. The van der Waals surface area contributed by atoms with Gasteiger partial charge in [-0.1, -0.05) is 61.7 Å². The molecule has 0 unspecified atom stereocenters. The van der Waals surface area contributed by atoms with Gasteiger partial charge in [0.05, 0.1) is 11.3 Å². The molecule has 6 heteroatoms. The van der Waals surface area contributed by atoms with E-state index in [1.807, 2.05) is 44.2 Å². The number of anilines is 2. The minimum atomic E-state index is -0.265. The van der Waals surface area contributed by atoms with Crippen LogP contribution in [0.3, 0.4) is 0 Å². The zero-order chi connectivity index (χ0) is 24.0. The highest BCUT2D eigenvalue weighted by Crippen LogP contribution is 2.55. The minimum Gasteiger partial charge on any atom is -0.358 e. The molecule has 34 heavy (non-hydrogen) atoms. The third kappa shape index (κ3) is 3.36. The van der Waals surface area contributed by atoms with Crippen molar-refractivity contribution in [3.8, 4) is 0 Å². The molecule has 1 spiro atoms. The Hall–Kier alpha value is -3.36. The molecule has 1 aliphatic carbocycles. The Kier molecular flexibility index (Phi) is 5.58. The highest BCUT2D eigenvalue weighted by atomic mass is 35.5. The fraction of sp³-hybridized carbons (Fsp3) is 0.321. The van der Waals surface area contributed by atoms with Gasteiger partial charge >= 0.3 is 5.84 Å². The maximum absolute atomic E-state index is 13.4. The van der Waals surface area contributed by atoms with Crippen molar-refractivity contribution in [3.63, 3.8) is 0 Å². The molecule has 0 saturated heterocycles. The maximum Gasteiger partial charge on any atom is 0.307 e. The number of benzene rings is 2. The first-order valence-corrected chi connectivity index (χ1v) is 12.1. The average molecular weight is 471 g/mol. The van der Waals surface area contributed by atoms with Gasteiger partial charge in [0.2, 0.25) is 0 Å². The Morgan fingerprint density at radius 2 is 1.79 bits per heavy atom. The third-order valence-corrected chi connectivity index (χ3v) is 7.65. The van der Waals surface area contributed by atoms with Gasteiger partial charge in [0.25, 0.3) is 5.91 Å². The number of rotatable bonds is 2. The monoisotopic (exact) mass is 470 g/mol. The lowest BCUT2D eigenvalue weighted by Crippen LogP contribution is -2.32. The van der Waals surface area contributed by atoms with Crippen LogP contribution in [0.15, 0.2) is 64.9 Å². The van der Waals surface area contributed by atoms with Crippen LogP contribution in [0.4, 0.5) is 11.4 Å². The molecule has 1 saturated carbocycles. The Labute approximate surface area is 205 Å². The number of amides is 1. The predicted octanol–water partition coefficient (Wildman–Crippen LogP) is 6.70. The summed E-state index contributed by atoms with van der Waals surface area (Å²) in [6, 6.07) is 12.0. The van der Waals surface area contributed by atoms with E-state index < -0.39 is 0 Å². The summed E-state index contributed by atoms with van der Waals surface area (Å²) in [7, 11) is 2.07. The van der Waals surface area contributed by atoms with Crippen LogP contribution in [0.5, 0.6) is 0 Å². The van der Waals surface area contributed by atoms with Gasteiger partial charge in [0.1, 0.15) is 0 Å². The van der Waals surface area contributed by atoms with E-state index in [1.165, 1.54) is 17.0 Å². The van der Waals surface area contributed by atoms with Crippen molar-refractivity contribution in [2.75, 3.05) is 17.0 Å². The zero-order valence-electron chi connectivity index (χ0n) is 19.7. The van der Waals surface area contributed by atoms with E-state index in [1.54, 1.807) is 6.08 Å². The summed E-state index contributed by atoms with van der Waals surface area (Å²) < 4.78 is 0. The van der Waals surface area contributed by atoms with Crippen molar-refractivity contribution in [1.82, 2.24) is 0 Å². The first kappa shape index (κ1) is 22.4. The van der Waals surface area contributed by atoms with Gasteiger partial charge in [0, 0.05) is 28.9 Å². The van der Waals surface area contributed by atoms with Gasteiger partial charge in [-0.15, -0.1) is 5.01 Å². The lowest BCUT2D eigenvalue weighted by molar-refractivity contribution is -0.114. The van der Waals surface area contributed by atoms with E-state index in [0.29, 0.717) is 5.57 Å². The van der Waals surface area contributed by atoms with Crippen LogP contribution >= 0.6 is 11.6 Å². The smallest absolute Gasteiger partial charge is 0.307 e. The van der Waals surface area contributed by atoms with Crippen molar-refractivity contribution in [1.29, 1.82) is 0 Å². The second kappa shape index (κ2) is 8.45. The van der Waals surface area contributed by atoms with Crippen molar-refractivity contribution >= 4 is 34.7 Å². The van der Waals surface area contributed by atoms with Crippen molar-refractivity contribution < 1.29 is 4.79 Å². The number of allylic oxidation sites excluding steroid dienone is 3. The van der Waals surface area contributed by atoms with E-state index in [4.69, 9.17) is 18.2 Å². The summed E-state index contributed by atoms with van der Waals surface area (Å²) in [5, 5.41) is 6.52. The molecule has 0 atom stereocenters. The molecule has 3 aliphatic rings. The van der Waals surface area contributed by atoms with Crippen molar-refractivity contribution in [2.24, 2.45) is 5.10 Å². The zero-order valence-corrected chi connectivity index (χ0v) is 20.5. The summed E-state index contributed by atoms with van der Waals surface area (Å²) in [5.74, 6) is -0.137. The number of carbonyl (C=O) groups excluding carboxylic acids is 1. The number of fused-ring (bicyclic) bond motifs is 2. The summed E-state index contributed by atoms with van der Waals surface area (Å²) in [6.45, 7) is 11.6. The SMILES string of the molecule is [C-]#[N+]C1=NN(c2c(C)cccc2C)C(=O)/C1=C\C=C1\N(C)c2ccc(Cl)cc2C12CCCCC2. The van der Waals surface area contributed by atoms with Crippen LogP contribution in [0.1, 0.15) is 48.8 Å². The first-order valence-electron chi connectivity index (χ1n) is 11.7. The lowest BCUT2D eigenvalue weighted by Gasteiger charge is -2.36. The van der Waals surface area contributed by atoms with E-state index >= 15 is 0 Å². The number of hydrogen-bond donors (Lipinski definition) is 0. The fourth-order valence-electron chi connectivity index (χ4n) is 5.81. The molecule has 5 rings (SSSR count). The van der Waals surface area contributed by atoms with E-state index in [2.05, 4.69) is 34.0 Å². The lowest BCUT2D eigenvalue weighted by atomic mass is 9.68. The number of halogens is 1. The molecule has 0 bridgehead atoms. The fourth-order valence-corrected chi connectivity index (χ4v) is 5.98. The standard InChI is InChI=1S/C28H27ClN4O/c1-18-9-8-10-19(2)25(18)33-27(34)21(26(30-3)31-33)12-14-24-28(15-6-5-7-16-28)22-17-20(29)11-13-23(22)32(24)4/h8-14,17H,5-7,15-16H2,1-2,4H3/b21-12-,24-14+. The van der Waals surface area contributed by atoms with Crippen LogP contribution < -0.4 is 9.91 Å². The summed E-state index contributed by atoms with van der Waals surface area (Å²) >= 11 is 6.41. The molecule has 5 nitrogen and oxygen atoms in total. The van der Waals surface area contributed by atoms with Gasteiger partial charge in [-0.2, -0.15) is 0 Å². The van der Waals surface area contributed by atoms with Gasteiger partial charge in [-0.25, -0.2) is 0 Å². The molecule has 2 heterocycles. The molecule has 2 aromatic carbocycles. The van der Waals surface area contributed by atoms with Crippen LogP contribution in [0, 0.1) is 20.4 Å². The number of likely N-dealkylation sites (N-methyl/N-ethyl adjacent to an activating group) is 1. The summed E-state index contributed by atoms with van der Waals surface area (Å²) in [4.78, 5) is 19.2. The Balaban J connectivity index is 1.59. The third-order valence-electron chi connectivity index (χ3n) is 7.42. The Bertz CT molecular complexity index is 1300. The number of carbonyl (C=O) groups is 1. The largest absolute Gasteiger partial charge is 0.358 e. The van der Waals surface area contributed by atoms with Gasteiger partial charge in [-0.3, -0.25) is 4.79 Å². The summed E-state index contributed by atoms with van der Waals surface area (Å²) in [6.07, 6.45) is 9.46. The number of aryl methyl sites for hydroxylation is 2. The molecule has 0 radical (unpaired) electrons. The van der Waals surface area contributed by atoms with Crippen molar-refractivity contribution in [3.05, 3.63) is 93.0 Å². The number of para-hydroxylation sites is 1. The molecule has 172 valence electrons. The number of nitrogens with zero attached hydrogens (tertiary/aromatic N) is 4. The average Bonchev–Trinajstić information content (AvgIpc) is 3.24. The first-order chi connectivity index (χ1) is 16.4. The number of hydrazone groups is 1. The highest BCUT2D eigenvalue weighted by Gasteiger charge is 2.46. The van der Waals surface area contributed by atoms with E-state index in [9.17, 15) is 4.79 Å². The second-order valence-electron chi connectivity index (χ2n) is 9.39. The van der Waals surface area contributed by atoms with E-state index in [-0.39, 0.29) is 17.2 Å². The van der Waals surface area contributed by atoms with E-state index in [0.717, 1.165) is 58.9 Å². The molecule has 0 aromatic heterocycles. The number of hydrogen-bond acceptors (Lipinski definition) is 3. The highest BCUT2D eigenvalue weighted by molar-refractivity contribution is 6.33. The van der Waals surface area contributed by atoms with Gasteiger partial charge in [0.15, 0.2) is 0 Å². The second-order valence-corrected chi connectivity index (χ2v) is 9.82. The van der Waals surface area contributed by atoms with Crippen molar-refractivity contribution in [2.45, 2.75) is 51.4 Å². The van der Waals surface area contributed by atoms with Crippen LogP contribution in [-0.2, 0) is 10.2 Å². The molecular formula is C28H27ClN4O. The van der Waals surface area contributed by atoms with Gasteiger partial charge in [-0.05, 0) is 72.8 Å². The maximum atomic E-state index is 13.4. The molecular weight excluding hydrogens is 444 g/mol. The molecule has 2 aliphatic heterocycles. The topological polar surface area (TPSA) is 40.3 Å². The quantitative estimate of drug-likeness (QED) is 0.362. The Morgan fingerprint density at radius 3 is 2.47 bits per heavy atom. The van der Waals surface area contributed by atoms with Gasteiger partial charge < -0.3 is 9.74 Å². The molecule has 1 amide bonds. The van der Waals surface area contributed by atoms with Crippen LogP contribution in [-0.4, -0.2) is 18.8 Å². The summed E-state index contributed by atoms with van der Waals surface area (Å²) in [5.41, 5.74) is 6.43. The predicted molar refractivity (Wildman–Crippen MR) is 138 cm³/mol. The Morgan fingerprint density at radius 1 is 1.09 bits per heavy atom. The molecule has 2 aromatic rings. The molecule has 0 N–H and O–H groups in total. The van der Waals surface area contributed by atoms with Crippen LogP contribution in [0.2, 0.25) is 5.02 Å². The normalized spacial score (nSPS) is 21.4. The van der Waals surface area contributed by atoms with Crippen LogP contribution in [0.25, 0.3) is 4.85 Å².